The summed E-state index contributed by atoms with van der Waals surface area (Å²) in [6, 6.07) is 0. The van der Waals surface area contributed by atoms with Gasteiger partial charge in [-0.25, -0.2) is 0 Å². The van der Waals surface area contributed by atoms with Crippen LogP contribution in [-0.2, 0) is 28.6 Å². The predicted octanol–water partition coefficient (Wildman–Crippen LogP) is 21.3. The summed E-state index contributed by atoms with van der Waals surface area (Å²) in [5, 5.41) is 0. The van der Waals surface area contributed by atoms with Crippen molar-refractivity contribution in [2.45, 2.75) is 239 Å². The lowest BCUT2D eigenvalue weighted by Crippen LogP contribution is -2.30. The average Bonchev–Trinajstić information content (AvgIpc) is 3.44. The summed E-state index contributed by atoms with van der Waals surface area (Å²) in [5.74, 6) is -1.12. The number of ether oxygens (including phenoxy) is 3. The zero-order chi connectivity index (χ0) is 56.4. The Morgan fingerprint density at radius 3 is 0.872 bits per heavy atom. The number of esters is 3. The van der Waals surface area contributed by atoms with Crippen molar-refractivity contribution in [2.75, 3.05) is 13.2 Å². The molecule has 0 fully saturated rings. The van der Waals surface area contributed by atoms with Crippen molar-refractivity contribution in [3.63, 3.8) is 0 Å². The summed E-state index contributed by atoms with van der Waals surface area (Å²) < 4.78 is 16.7. The molecule has 6 heteroatoms. The molecule has 0 aliphatic rings. The zero-order valence-electron chi connectivity index (χ0n) is 49.6. The van der Waals surface area contributed by atoms with Gasteiger partial charge in [-0.05, 0) is 141 Å². The lowest BCUT2D eigenvalue weighted by molar-refractivity contribution is -0.166. The molecule has 0 radical (unpaired) electrons. The third kappa shape index (κ3) is 61.4. The molecule has 0 aromatic heterocycles. The Morgan fingerprint density at radius 2 is 0.538 bits per heavy atom. The standard InChI is InChI=1S/C72H110O6/c1-4-7-10-13-16-19-22-25-28-29-30-31-32-33-34-35-36-37-38-39-40-41-42-43-45-47-50-53-56-59-62-65-71(74)77-68-69(67-76-70(73)64-61-58-55-52-49-46-27-24-21-18-15-12-9-6-3)78-72(75)66-63-60-57-54-51-48-44-26-23-20-17-14-11-8-5-2/h7-8,10-11,16-17,19-20,24-28,30-31,33-34,36-37,39-40,42-44,47,50-51,54,60,63,69H,4-6,9,12-15,18,21-23,29,32,35,38,41,45-46,48-49,52-53,55-59,61-62,64-68H2,1-3H3/b10-7-,11-8-,19-16-,20-17-,27-24-,28-25-,31-30-,34-33-,37-36-,40-39-,43-42-,44-26-,50-47-,54-51-,63-60-. The van der Waals surface area contributed by atoms with Gasteiger partial charge in [0.15, 0.2) is 6.10 Å². The van der Waals surface area contributed by atoms with Gasteiger partial charge in [0.05, 0.1) is 6.42 Å². The van der Waals surface area contributed by atoms with E-state index >= 15 is 0 Å². The Balaban J connectivity index is 4.49. The van der Waals surface area contributed by atoms with Gasteiger partial charge >= 0.3 is 17.9 Å². The minimum atomic E-state index is -0.860. The van der Waals surface area contributed by atoms with Crippen LogP contribution in [0.3, 0.4) is 0 Å². The second-order valence-electron chi connectivity index (χ2n) is 19.5. The largest absolute Gasteiger partial charge is 0.462 e. The summed E-state index contributed by atoms with van der Waals surface area (Å²) >= 11 is 0. The number of carbonyl (C=O) groups excluding carboxylic acids is 3. The molecule has 0 saturated heterocycles. The number of allylic oxidation sites excluding steroid dienone is 29. The van der Waals surface area contributed by atoms with Crippen LogP contribution < -0.4 is 0 Å². The van der Waals surface area contributed by atoms with Crippen molar-refractivity contribution in [3.8, 4) is 0 Å². The molecule has 0 heterocycles. The maximum Gasteiger partial charge on any atom is 0.310 e. The molecule has 0 bridgehead atoms. The molecule has 434 valence electrons. The molecule has 0 aromatic rings. The molecule has 0 spiro atoms. The third-order valence-corrected chi connectivity index (χ3v) is 12.2. The fourth-order valence-electron chi connectivity index (χ4n) is 7.62. The van der Waals surface area contributed by atoms with Gasteiger partial charge in [-0.15, -0.1) is 0 Å². The molecule has 1 unspecified atom stereocenters. The highest BCUT2D eigenvalue weighted by Crippen LogP contribution is 2.12. The molecule has 78 heavy (non-hydrogen) atoms. The fourth-order valence-corrected chi connectivity index (χ4v) is 7.62. The Hall–Kier alpha value is -5.49. The van der Waals surface area contributed by atoms with Crippen LogP contribution in [0.2, 0.25) is 0 Å². The molecular weight excluding hydrogens is 961 g/mol. The second kappa shape index (κ2) is 64.0. The van der Waals surface area contributed by atoms with Crippen LogP contribution in [0.25, 0.3) is 0 Å². The quantitative estimate of drug-likeness (QED) is 0.0261. The first kappa shape index (κ1) is 72.5. The van der Waals surface area contributed by atoms with E-state index in [1.807, 2.05) is 6.08 Å². The van der Waals surface area contributed by atoms with E-state index in [9.17, 15) is 14.4 Å². The van der Waals surface area contributed by atoms with Crippen molar-refractivity contribution in [1.29, 1.82) is 0 Å². The van der Waals surface area contributed by atoms with Crippen molar-refractivity contribution < 1.29 is 28.6 Å². The molecule has 0 rings (SSSR count). The van der Waals surface area contributed by atoms with Crippen LogP contribution in [-0.4, -0.2) is 37.2 Å². The average molecular weight is 1070 g/mol. The maximum atomic E-state index is 12.8. The maximum absolute atomic E-state index is 12.8. The van der Waals surface area contributed by atoms with Crippen LogP contribution in [0, 0.1) is 0 Å². The van der Waals surface area contributed by atoms with Crippen molar-refractivity contribution in [3.05, 3.63) is 182 Å². The lowest BCUT2D eigenvalue weighted by atomic mass is 10.1. The third-order valence-electron chi connectivity index (χ3n) is 12.2. The molecule has 0 aliphatic heterocycles. The van der Waals surface area contributed by atoms with E-state index in [2.05, 4.69) is 191 Å². The minimum absolute atomic E-state index is 0.0785. The van der Waals surface area contributed by atoms with E-state index in [1.54, 1.807) is 6.08 Å². The number of hydrogen-bond donors (Lipinski definition) is 0. The van der Waals surface area contributed by atoms with E-state index in [4.69, 9.17) is 14.2 Å². The van der Waals surface area contributed by atoms with Crippen molar-refractivity contribution in [1.82, 2.24) is 0 Å². The summed E-state index contributed by atoms with van der Waals surface area (Å²) in [4.78, 5) is 38.1. The molecule has 0 aromatic carbocycles. The molecular formula is C72H110O6. The monoisotopic (exact) mass is 1070 g/mol. The molecule has 6 nitrogen and oxygen atoms in total. The SMILES string of the molecule is CC/C=C\C/C=C\C/C=C\C/C=C\C/C=C\C/C=C\C/C=C\C/C=C\C/C=C\CCCCCC(=O)OCC(COC(=O)CCCCCCC/C=C\CCCCCCC)OC(=O)C/C=C\C/C=C\C/C=C\C/C=C\C/C=C\CC. The fraction of sp³-hybridized carbons (Fsp3) is 0.542. The van der Waals surface area contributed by atoms with Gasteiger partial charge in [-0.2, -0.15) is 0 Å². The minimum Gasteiger partial charge on any atom is -0.462 e. The highest BCUT2D eigenvalue weighted by atomic mass is 16.6. The van der Waals surface area contributed by atoms with Crippen molar-refractivity contribution in [2.24, 2.45) is 0 Å². The highest BCUT2D eigenvalue weighted by molar-refractivity contribution is 5.72. The summed E-state index contributed by atoms with van der Waals surface area (Å²) in [7, 11) is 0. The van der Waals surface area contributed by atoms with Crippen LogP contribution in [0.1, 0.15) is 233 Å². The normalized spacial score (nSPS) is 13.4. The number of carbonyl (C=O) groups is 3. The molecule has 0 amide bonds. The summed E-state index contributed by atoms with van der Waals surface area (Å²) in [6.45, 7) is 6.26. The van der Waals surface area contributed by atoms with Crippen LogP contribution in [0.5, 0.6) is 0 Å². The molecule has 1 atom stereocenters. The first-order valence-electron chi connectivity index (χ1n) is 30.8. The van der Waals surface area contributed by atoms with E-state index in [0.717, 1.165) is 141 Å². The van der Waals surface area contributed by atoms with Crippen molar-refractivity contribution >= 4 is 17.9 Å². The van der Waals surface area contributed by atoms with Crippen LogP contribution in [0.4, 0.5) is 0 Å². The smallest absolute Gasteiger partial charge is 0.310 e. The predicted molar refractivity (Wildman–Crippen MR) is 338 cm³/mol. The number of hydrogen-bond acceptors (Lipinski definition) is 6. The molecule has 0 aliphatic carbocycles. The lowest BCUT2D eigenvalue weighted by Gasteiger charge is -2.18. The van der Waals surface area contributed by atoms with Gasteiger partial charge in [0.1, 0.15) is 13.2 Å². The molecule has 0 N–H and O–H groups in total. The van der Waals surface area contributed by atoms with Gasteiger partial charge in [0.25, 0.3) is 0 Å². The van der Waals surface area contributed by atoms with Gasteiger partial charge < -0.3 is 14.2 Å². The van der Waals surface area contributed by atoms with Crippen LogP contribution >= 0.6 is 0 Å². The zero-order valence-corrected chi connectivity index (χ0v) is 49.6. The summed E-state index contributed by atoms with van der Waals surface area (Å²) in [5.41, 5.74) is 0. The Kier molecular flexibility index (Phi) is 59.5. The van der Waals surface area contributed by atoms with E-state index in [-0.39, 0.29) is 38.0 Å². The highest BCUT2D eigenvalue weighted by Gasteiger charge is 2.19. The van der Waals surface area contributed by atoms with Gasteiger partial charge in [0, 0.05) is 12.8 Å². The molecule has 0 saturated carbocycles. The number of rotatable bonds is 53. The first-order chi connectivity index (χ1) is 38.5. The Bertz CT molecular complexity index is 1850. The van der Waals surface area contributed by atoms with Crippen LogP contribution in [0.15, 0.2) is 182 Å². The van der Waals surface area contributed by atoms with E-state index in [0.29, 0.717) is 12.8 Å². The van der Waals surface area contributed by atoms with Gasteiger partial charge in [0.2, 0.25) is 0 Å². The van der Waals surface area contributed by atoms with Gasteiger partial charge in [-0.1, -0.05) is 254 Å². The first-order valence-corrected chi connectivity index (χ1v) is 30.8. The topological polar surface area (TPSA) is 78.9 Å². The Labute approximate surface area is 478 Å². The Morgan fingerprint density at radius 1 is 0.282 bits per heavy atom. The van der Waals surface area contributed by atoms with Gasteiger partial charge in [-0.3, -0.25) is 14.4 Å². The number of unbranched alkanes of at least 4 members (excludes halogenated alkanes) is 13. The second-order valence-corrected chi connectivity index (χ2v) is 19.5. The summed E-state index contributed by atoms with van der Waals surface area (Å²) in [6.07, 6.45) is 96.3. The van der Waals surface area contributed by atoms with E-state index in [1.165, 1.54) is 44.9 Å². The van der Waals surface area contributed by atoms with E-state index < -0.39 is 12.1 Å².